The van der Waals surface area contributed by atoms with Crippen LogP contribution in [0, 0.1) is 17.5 Å². The molecule has 21 heavy (non-hydrogen) atoms. The fraction of sp³-hybridized carbons (Fsp3) is 0.286. The van der Waals surface area contributed by atoms with Crippen molar-refractivity contribution in [1.82, 2.24) is 15.1 Å². The third kappa shape index (κ3) is 4.34. The van der Waals surface area contributed by atoms with E-state index in [2.05, 4.69) is 10.4 Å². The summed E-state index contributed by atoms with van der Waals surface area (Å²) in [4.78, 5) is 11.6. The number of hydrogen-bond acceptors (Lipinski definition) is 2. The number of carbonyl (C=O) groups is 1. The summed E-state index contributed by atoms with van der Waals surface area (Å²) in [5, 5.41) is 6.59. The maximum absolute atomic E-state index is 13.0. The topological polar surface area (TPSA) is 46.9 Å². The van der Waals surface area contributed by atoms with Gasteiger partial charge in [0.25, 0.3) is 0 Å². The monoisotopic (exact) mass is 297 g/mol. The zero-order chi connectivity index (χ0) is 15.2. The van der Waals surface area contributed by atoms with Gasteiger partial charge in [0.05, 0.1) is 0 Å². The van der Waals surface area contributed by atoms with Crippen LogP contribution in [0.15, 0.2) is 30.6 Å². The standard InChI is InChI=1S/C14H14F3N3O/c15-11-8-10(9-12(16)14(11)17)2-5-18-13(21)3-7-20-6-1-4-19-20/h1,4,6,8-9H,2-3,5,7H2,(H,18,21). The molecule has 112 valence electrons. The molecule has 0 spiro atoms. The Labute approximate surface area is 119 Å². The van der Waals surface area contributed by atoms with Crippen LogP contribution in [0.2, 0.25) is 0 Å². The molecule has 4 nitrogen and oxygen atoms in total. The van der Waals surface area contributed by atoms with Gasteiger partial charge in [-0.25, -0.2) is 13.2 Å². The first-order chi connectivity index (χ1) is 10.1. The quantitative estimate of drug-likeness (QED) is 0.830. The number of rotatable bonds is 6. The molecule has 0 saturated heterocycles. The van der Waals surface area contributed by atoms with E-state index in [0.717, 1.165) is 12.1 Å². The molecule has 1 N–H and O–H groups in total. The van der Waals surface area contributed by atoms with Crippen molar-refractivity contribution in [2.45, 2.75) is 19.4 Å². The molecule has 0 bridgehead atoms. The van der Waals surface area contributed by atoms with Crippen molar-refractivity contribution in [3.8, 4) is 0 Å². The first-order valence-corrected chi connectivity index (χ1v) is 6.44. The Kier molecular flexibility index (Phi) is 4.97. The van der Waals surface area contributed by atoms with Crippen molar-refractivity contribution >= 4 is 5.91 Å². The molecule has 1 heterocycles. The highest BCUT2D eigenvalue weighted by Crippen LogP contribution is 2.13. The van der Waals surface area contributed by atoms with Gasteiger partial charge in [0.1, 0.15) is 0 Å². The Bertz CT molecular complexity index is 591. The molecule has 0 atom stereocenters. The van der Waals surface area contributed by atoms with Crippen molar-refractivity contribution in [3.05, 3.63) is 53.6 Å². The number of nitrogens with one attached hydrogen (secondary N) is 1. The van der Waals surface area contributed by atoms with E-state index in [4.69, 9.17) is 0 Å². The van der Waals surface area contributed by atoms with E-state index in [0.29, 0.717) is 12.1 Å². The SMILES string of the molecule is O=C(CCn1cccn1)NCCc1cc(F)c(F)c(F)c1. The van der Waals surface area contributed by atoms with Crippen molar-refractivity contribution in [2.24, 2.45) is 0 Å². The Hall–Kier alpha value is -2.31. The van der Waals surface area contributed by atoms with Gasteiger partial charge in [0.2, 0.25) is 5.91 Å². The summed E-state index contributed by atoms with van der Waals surface area (Å²) in [5.74, 6) is -4.12. The number of amides is 1. The third-order valence-electron chi connectivity index (χ3n) is 2.91. The zero-order valence-corrected chi connectivity index (χ0v) is 11.2. The van der Waals surface area contributed by atoms with Crippen LogP contribution in [0.3, 0.4) is 0 Å². The normalized spacial score (nSPS) is 10.6. The minimum absolute atomic E-state index is 0.187. The predicted molar refractivity (Wildman–Crippen MR) is 69.9 cm³/mol. The molecule has 1 aromatic carbocycles. The smallest absolute Gasteiger partial charge is 0.221 e. The molecule has 1 aromatic heterocycles. The lowest BCUT2D eigenvalue weighted by Gasteiger charge is -2.06. The first-order valence-electron chi connectivity index (χ1n) is 6.44. The van der Waals surface area contributed by atoms with Crippen molar-refractivity contribution in [2.75, 3.05) is 6.54 Å². The molecule has 0 aliphatic rings. The number of halogens is 3. The van der Waals surface area contributed by atoms with Crippen LogP contribution >= 0.6 is 0 Å². The second-order valence-corrected chi connectivity index (χ2v) is 4.49. The van der Waals surface area contributed by atoms with Gasteiger partial charge in [-0.3, -0.25) is 9.48 Å². The summed E-state index contributed by atoms with van der Waals surface area (Å²) in [7, 11) is 0. The molecular formula is C14H14F3N3O. The molecule has 0 radical (unpaired) electrons. The number of hydrogen-bond donors (Lipinski definition) is 1. The van der Waals surface area contributed by atoms with Crippen LogP contribution in [0.25, 0.3) is 0 Å². The summed E-state index contributed by atoms with van der Waals surface area (Å²) < 4.78 is 40.4. The maximum atomic E-state index is 13.0. The Balaban J connectivity index is 1.75. The third-order valence-corrected chi connectivity index (χ3v) is 2.91. The van der Waals surface area contributed by atoms with E-state index >= 15 is 0 Å². The average molecular weight is 297 g/mol. The van der Waals surface area contributed by atoms with Gasteiger partial charge in [0, 0.05) is 31.9 Å². The molecule has 1 amide bonds. The molecule has 0 saturated carbocycles. The molecule has 2 aromatic rings. The van der Waals surface area contributed by atoms with Gasteiger partial charge in [-0.05, 0) is 30.2 Å². The van der Waals surface area contributed by atoms with Crippen LogP contribution in [0.4, 0.5) is 13.2 Å². The minimum atomic E-state index is -1.48. The van der Waals surface area contributed by atoms with Crippen LogP contribution in [0.1, 0.15) is 12.0 Å². The van der Waals surface area contributed by atoms with Crippen molar-refractivity contribution < 1.29 is 18.0 Å². The van der Waals surface area contributed by atoms with Gasteiger partial charge >= 0.3 is 0 Å². The van der Waals surface area contributed by atoms with E-state index in [1.54, 1.807) is 23.1 Å². The molecule has 0 aliphatic heterocycles. The zero-order valence-electron chi connectivity index (χ0n) is 11.2. The van der Waals surface area contributed by atoms with Crippen LogP contribution in [-0.4, -0.2) is 22.2 Å². The molecule has 0 fully saturated rings. The number of nitrogens with zero attached hydrogens (tertiary/aromatic N) is 2. The van der Waals surface area contributed by atoms with E-state index < -0.39 is 17.5 Å². The highest BCUT2D eigenvalue weighted by Gasteiger charge is 2.10. The summed E-state index contributed by atoms with van der Waals surface area (Å²) in [6.45, 7) is 0.682. The van der Waals surface area contributed by atoms with Crippen LogP contribution in [-0.2, 0) is 17.8 Å². The van der Waals surface area contributed by atoms with Gasteiger partial charge in [-0.15, -0.1) is 0 Å². The Morgan fingerprint density at radius 3 is 2.57 bits per heavy atom. The second kappa shape index (κ2) is 6.92. The lowest BCUT2D eigenvalue weighted by molar-refractivity contribution is -0.121. The van der Waals surface area contributed by atoms with Gasteiger partial charge < -0.3 is 5.32 Å². The number of benzene rings is 1. The van der Waals surface area contributed by atoms with E-state index in [1.807, 2.05) is 0 Å². The highest BCUT2D eigenvalue weighted by atomic mass is 19.2. The number of aryl methyl sites for hydroxylation is 1. The van der Waals surface area contributed by atoms with Crippen LogP contribution < -0.4 is 5.32 Å². The molecule has 0 unspecified atom stereocenters. The minimum Gasteiger partial charge on any atom is -0.356 e. The Morgan fingerprint density at radius 1 is 1.24 bits per heavy atom. The van der Waals surface area contributed by atoms with E-state index in [1.165, 1.54) is 0 Å². The van der Waals surface area contributed by atoms with E-state index in [-0.39, 0.29) is 25.3 Å². The summed E-state index contributed by atoms with van der Waals surface area (Å²) in [5.41, 5.74) is 0.291. The summed E-state index contributed by atoms with van der Waals surface area (Å²) >= 11 is 0. The fourth-order valence-electron chi connectivity index (χ4n) is 1.84. The average Bonchev–Trinajstić information content (AvgIpc) is 2.96. The molecular weight excluding hydrogens is 283 g/mol. The number of carbonyl (C=O) groups excluding carboxylic acids is 1. The molecule has 2 rings (SSSR count). The summed E-state index contributed by atoms with van der Waals surface area (Å²) in [6.07, 6.45) is 3.85. The predicted octanol–water partition coefficient (Wildman–Crippen LogP) is 2.05. The van der Waals surface area contributed by atoms with Crippen molar-refractivity contribution in [1.29, 1.82) is 0 Å². The van der Waals surface area contributed by atoms with Gasteiger partial charge in [0.15, 0.2) is 17.5 Å². The van der Waals surface area contributed by atoms with Gasteiger partial charge in [-0.1, -0.05) is 0 Å². The highest BCUT2D eigenvalue weighted by molar-refractivity contribution is 5.75. The van der Waals surface area contributed by atoms with Crippen molar-refractivity contribution in [3.63, 3.8) is 0 Å². The van der Waals surface area contributed by atoms with Gasteiger partial charge in [-0.2, -0.15) is 5.10 Å². The summed E-state index contributed by atoms with van der Waals surface area (Å²) in [6, 6.07) is 3.61. The maximum Gasteiger partial charge on any atom is 0.221 e. The second-order valence-electron chi connectivity index (χ2n) is 4.49. The lowest BCUT2D eigenvalue weighted by Crippen LogP contribution is -2.26. The number of aromatic nitrogens is 2. The van der Waals surface area contributed by atoms with E-state index in [9.17, 15) is 18.0 Å². The first kappa shape index (κ1) is 15.1. The largest absolute Gasteiger partial charge is 0.356 e. The lowest BCUT2D eigenvalue weighted by atomic mass is 10.1. The molecule has 7 heteroatoms. The van der Waals surface area contributed by atoms with Crippen LogP contribution in [0.5, 0.6) is 0 Å². The Morgan fingerprint density at radius 2 is 1.95 bits per heavy atom. The molecule has 0 aliphatic carbocycles. The fourth-order valence-corrected chi connectivity index (χ4v) is 1.84.